The Morgan fingerprint density at radius 1 is 0.920 bits per heavy atom. The van der Waals surface area contributed by atoms with Crippen LogP contribution in [0.1, 0.15) is 30.4 Å². The van der Waals surface area contributed by atoms with Gasteiger partial charge in [0.1, 0.15) is 0 Å². The molecule has 1 heteroatoms. The van der Waals surface area contributed by atoms with Gasteiger partial charge in [-0.3, -0.25) is 0 Å². The molecule has 5 rings (SSSR count). The minimum atomic E-state index is 0.116. The fraction of sp³-hybridized carbons (Fsp3) is 0.250. The highest BCUT2D eigenvalue weighted by molar-refractivity contribution is 5.95. The largest absolute Gasteiger partial charge is 0.347 e. The summed E-state index contributed by atoms with van der Waals surface area (Å²) in [6, 6.07) is 24.5. The van der Waals surface area contributed by atoms with Crippen molar-refractivity contribution in [3.05, 3.63) is 89.6 Å². The van der Waals surface area contributed by atoms with Gasteiger partial charge in [-0.1, -0.05) is 66.7 Å². The molecule has 0 saturated heterocycles. The first-order valence-corrected chi connectivity index (χ1v) is 9.30. The second-order valence-electron chi connectivity index (χ2n) is 7.47. The van der Waals surface area contributed by atoms with Gasteiger partial charge in [-0.05, 0) is 53.6 Å². The van der Waals surface area contributed by atoms with Gasteiger partial charge in [0, 0.05) is 23.8 Å². The molecule has 0 spiro atoms. The fourth-order valence-corrected chi connectivity index (χ4v) is 5.06. The Labute approximate surface area is 149 Å². The summed E-state index contributed by atoms with van der Waals surface area (Å²) in [6.45, 7) is 0. The van der Waals surface area contributed by atoms with Gasteiger partial charge in [0.25, 0.3) is 0 Å². The van der Waals surface area contributed by atoms with Crippen molar-refractivity contribution in [2.24, 2.45) is 0 Å². The summed E-state index contributed by atoms with van der Waals surface area (Å²) in [4.78, 5) is 2.45. The zero-order valence-electron chi connectivity index (χ0n) is 14.7. The molecule has 0 fully saturated rings. The zero-order valence-corrected chi connectivity index (χ0v) is 14.7. The van der Waals surface area contributed by atoms with Crippen molar-refractivity contribution < 1.29 is 0 Å². The van der Waals surface area contributed by atoms with Crippen molar-refractivity contribution in [3.63, 3.8) is 0 Å². The average Bonchev–Trinajstić information content (AvgIpc) is 2.92. The van der Waals surface area contributed by atoms with Crippen LogP contribution in [0.5, 0.6) is 0 Å². The van der Waals surface area contributed by atoms with Gasteiger partial charge >= 0.3 is 0 Å². The van der Waals surface area contributed by atoms with E-state index < -0.39 is 0 Å². The number of fused-ring (bicyclic) bond motifs is 5. The van der Waals surface area contributed by atoms with Gasteiger partial charge in [0.15, 0.2) is 0 Å². The molecule has 0 amide bonds. The Bertz CT molecular complexity index is 970. The molecule has 1 heterocycles. The van der Waals surface area contributed by atoms with Crippen molar-refractivity contribution in [1.29, 1.82) is 0 Å². The molecule has 1 nitrogen and oxygen atoms in total. The van der Waals surface area contributed by atoms with E-state index >= 15 is 0 Å². The number of allylic oxidation sites excluding steroid dienone is 2. The Hall–Kier alpha value is -2.54. The molecule has 0 bridgehead atoms. The lowest BCUT2D eigenvalue weighted by Crippen LogP contribution is -2.34. The van der Waals surface area contributed by atoms with Crippen LogP contribution in [0.3, 0.4) is 0 Å². The molecule has 2 aliphatic rings. The number of benzene rings is 3. The van der Waals surface area contributed by atoms with E-state index in [1.165, 1.54) is 47.0 Å². The second-order valence-corrected chi connectivity index (χ2v) is 7.47. The summed E-state index contributed by atoms with van der Waals surface area (Å²) in [5.74, 6) is 0. The minimum Gasteiger partial charge on any atom is -0.347 e. The minimum absolute atomic E-state index is 0.116. The van der Waals surface area contributed by atoms with E-state index in [9.17, 15) is 0 Å². The lowest BCUT2D eigenvalue weighted by Gasteiger charge is -2.36. The van der Waals surface area contributed by atoms with Crippen molar-refractivity contribution in [2.75, 3.05) is 11.9 Å². The standard InChI is InChI=1S/C24H23N/c1-25-21-15-14-19-11-5-6-12-20(19)23(21)24(16-8-7-13-22(24)25)17-18-9-3-2-4-10-18/h2-6,9-15H,7-8,16-17H2,1H3. The number of anilines is 1. The molecule has 1 aliphatic carbocycles. The summed E-state index contributed by atoms with van der Waals surface area (Å²) in [6.07, 6.45) is 7.28. The molecule has 1 aliphatic heterocycles. The summed E-state index contributed by atoms with van der Waals surface area (Å²) in [5.41, 5.74) is 5.99. The lowest BCUT2D eigenvalue weighted by atomic mass is 9.68. The molecule has 1 unspecified atom stereocenters. The smallest absolute Gasteiger partial charge is 0.0454 e. The first kappa shape index (κ1) is 14.8. The maximum absolute atomic E-state index is 2.49. The Morgan fingerprint density at radius 3 is 2.60 bits per heavy atom. The van der Waals surface area contributed by atoms with Crippen LogP contribution in [0.2, 0.25) is 0 Å². The van der Waals surface area contributed by atoms with Crippen molar-refractivity contribution in [2.45, 2.75) is 31.1 Å². The Morgan fingerprint density at radius 2 is 1.72 bits per heavy atom. The van der Waals surface area contributed by atoms with Gasteiger partial charge in [0.2, 0.25) is 0 Å². The van der Waals surface area contributed by atoms with E-state index in [0.717, 1.165) is 6.42 Å². The summed E-state index contributed by atoms with van der Waals surface area (Å²) in [5, 5.41) is 2.78. The molecule has 0 saturated carbocycles. The normalized spacial score (nSPS) is 21.8. The number of nitrogens with zero attached hydrogens (tertiary/aromatic N) is 1. The van der Waals surface area contributed by atoms with Gasteiger partial charge < -0.3 is 4.90 Å². The van der Waals surface area contributed by atoms with E-state index in [1.807, 2.05) is 0 Å². The number of rotatable bonds is 2. The summed E-state index contributed by atoms with van der Waals surface area (Å²) >= 11 is 0. The van der Waals surface area contributed by atoms with Crippen LogP contribution < -0.4 is 4.90 Å². The molecule has 3 aromatic carbocycles. The Kier molecular flexibility index (Phi) is 3.24. The summed E-state index contributed by atoms with van der Waals surface area (Å²) in [7, 11) is 2.25. The topological polar surface area (TPSA) is 3.24 Å². The van der Waals surface area contributed by atoms with Crippen molar-refractivity contribution in [1.82, 2.24) is 0 Å². The van der Waals surface area contributed by atoms with Crippen molar-refractivity contribution in [3.8, 4) is 0 Å². The molecular weight excluding hydrogens is 302 g/mol. The van der Waals surface area contributed by atoms with Crippen molar-refractivity contribution >= 4 is 16.5 Å². The number of hydrogen-bond acceptors (Lipinski definition) is 1. The third-order valence-electron chi connectivity index (χ3n) is 6.09. The van der Waals surface area contributed by atoms with Crippen LogP contribution in [-0.2, 0) is 11.8 Å². The third-order valence-corrected chi connectivity index (χ3v) is 6.09. The van der Waals surface area contributed by atoms with E-state index in [4.69, 9.17) is 0 Å². The highest BCUT2D eigenvalue weighted by Crippen LogP contribution is 2.55. The van der Waals surface area contributed by atoms with Gasteiger partial charge in [-0.15, -0.1) is 0 Å². The molecule has 0 N–H and O–H groups in total. The van der Waals surface area contributed by atoms with Crippen LogP contribution in [-0.4, -0.2) is 7.05 Å². The second kappa shape index (κ2) is 5.49. The number of likely N-dealkylation sites (N-methyl/N-ethyl adjacent to an activating group) is 1. The van der Waals surface area contributed by atoms with E-state index in [1.54, 1.807) is 5.56 Å². The average molecular weight is 325 g/mol. The quantitative estimate of drug-likeness (QED) is 0.572. The highest BCUT2D eigenvalue weighted by Gasteiger charge is 2.47. The monoisotopic (exact) mass is 325 g/mol. The molecular formula is C24H23N. The summed E-state index contributed by atoms with van der Waals surface area (Å²) < 4.78 is 0. The van der Waals surface area contributed by atoms with Crippen LogP contribution in [0.15, 0.2) is 78.5 Å². The first-order valence-electron chi connectivity index (χ1n) is 9.30. The van der Waals surface area contributed by atoms with E-state index in [-0.39, 0.29) is 5.41 Å². The molecule has 1 atom stereocenters. The fourth-order valence-electron chi connectivity index (χ4n) is 5.06. The first-order chi connectivity index (χ1) is 12.3. The third kappa shape index (κ3) is 2.08. The molecule has 3 aromatic rings. The molecule has 25 heavy (non-hydrogen) atoms. The maximum Gasteiger partial charge on any atom is 0.0454 e. The predicted octanol–water partition coefficient (Wildman–Crippen LogP) is 5.84. The van der Waals surface area contributed by atoms with Gasteiger partial charge in [-0.2, -0.15) is 0 Å². The highest BCUT2D eigenvalue weighted by atomic mass is 15.2. The zero-order chi connectivity index (χ0) is 16.9. The molecule has 0 aromatic heterocycles. The SMILES string of the molecule is CN1C2=CCCCC2(Cc2ccccc2)c2c1ccc1ccccc21. The lowest BCUT2D eigenvalue weighted by molar-refractivity contribution is 0.435. The maximum atomic E-state index is 2.49. The predicted molar refractivity (Wildman–Crippen MR) is 106 cm³/mol. The van der Waals surface area contributed by atoms with Crippen LogP contribution >= 0.6 is 0 Å². The number of hydrogen-bond donors (Lipinski definition) is 0. The Balaban J connectivity index is 1.80. The molecule has 124 valence electrons. The van der Waals surface area contributed by atoms with Gasteiger partial charge in [-0.25, -0.2) is 0 Å². The van der Waals surface area contributed by atoms with Gasteiger partial charge in [0.05, 0.1) is 0 Å². The van der Waals surface area contributed by atoms with Crippen LogP contribution in [0.4, 0.5) is 5.69 Å². The molecule has 0 radical (unpaired) electrons. The van der Waals surface area contributed by atoms with E-state index in [0.29, 0.717) is 0 Å². The van der Waals surface area contributed by atoms with E-state index in [2.05, 4.69) is 84.8 Å². The van der Waals surface area contributed by atoms with Crippen LogP contribution in [0.25, 0.3) is 10.8 Å². The van der Waals surface area contributed by atoms with Crippen LogP contribution in [0, 0.1) is 0 Å².